The van der Waals surface area contributed by atoms with Crippen molar-refractivity contribution in [1.29, 1.82) is 0 Å². The van der Waals surface area contributed by atoms with Gasteiger partial charge in [0.05, 0.1) is 0 Å². The van der Waals surface area contributed by atoms with Crippen LogP contribution in [0.15, 0.2) is 48.9 Å². The zero-order valence-electron chi connectivity index (χ0n) is 15.5. The summed E-state index contributed by atoms with van der Waals surface area (Å²) in [5.74, 6) is 0.575. The van der Waals surface area contributed by atoms with Gasteiger partial charge in [-0.1, -0.05) is 52.0 Å². The molecular formula is C21H36N2. The fourth-order valence-corrected chi connectivity index (χ4v) is 2.94. The van der Waals surface area contributed by atoms with Gasteiger partial charge < -0.3 is 10.2 Å². The summed E-state index contributed by atoms with van der Waals surface area (Å²) >= 11 is 0. The highest BCUT2D eigenvalue weighted by Crippen LogP contribution is 2.15. The van der Waals surface area contributed by atoms with Crippen LogP contribution in [0.5, 0.6) is 0 Å². The van der Waals surface area contributed by atoms with E-state index in [-0.39, 0.29) is 0 Å². The summed E-state index contributed by atoms with van der Waals surface area (Å²) in [6.45, 7) is 17.0. The zero-order valence-corrected chi connectivity index (χ0v) is 15.5. The van der Waals surface area contributed by atoms with Crippen molar-refractivity contribution in [3.8, 4) is 0 Å². The monoisotopic (exact) mass is 316 g/mol. The molecule has 0 fully saturated rings. The molecule has 0 aromatic rings. The molecule has 2 nitrogen and oxygen atoms in total. The van der Waals surface area contributed by atoms with Crippen LogP contribution in [0.3, 0.4) is 0 Å². The van der Waals surface area contributed by atoms with Gasteiger partial charge in [0, 0.05) is 30.5 Å². The maximum atomic E-state index is 4.12. The number of rotatable bonds is 11. The van der Waals surface area contributed by atoms with E-state index in [9.17, 15) is 0 Å². The lowest BCUT2D eigenvalue weighted by atomic mass is 10.0. The number of nitrogens with zero attached hydrogens (tertiary/aromatic N) is 1. The average Bonchev–Trinajstić information content (AvgIpc) is 2.53. The van der Waals surface area contributed by atoms with Crippen LogP contribution < -0.4 is 5.32 Å². The van der Waals surface area contributed by atoms with Crippen molar-refractivity contribution < 1.29 is 0 Å². The predicted octanol–water partition coefficient (Wildman–Crippen LogP) is 5.42. The van der Waals surface area contributed by atoms with E-state index >= 15 is 0 Å². The Morgan fingerprint density at radius 1 is 1.35 bits per heavy atom. The molecule has 0 aromatic carbocycles. The summed E-state index contributed by atoms with van der Waals surface area (Å²) in [5, 5.41) is 3.66. The number of unbranched alkanes of at least 4 members (excludes halogenated alkanes) is 2. The molecular weight excluding hydrogens is 280 g/mol. The van der Waals surface area contributed by atoms with Gasteiger partial charge in [-0.3, -0.25) is 0 Å². The van der Waals surface area contributed by atoms with Crippen LogP contribution in [0.25, 0.3) is 0 Å². The molecule has 0 saturated heterocycles. The van der Waals surface area contributed by atoms with Crippen molar-refractivity contribution in [3.05, 3.63) is 48.9 Å². The number of hydrogen-bond acceptors (Lipinski definition) is 2. The molecule has 0 aromatic heterocycles. The maximum Gasteiger partial charge on any atom is 0.0461 e. The molecule has 130 valence electrons. The van der Waals surface area contributed by atoms with E-state index < -0.39 is 0 Å². The highest BCUT2D eigenvalue weighted by atomic mass is 15.1. The van der Waals surface area contributed by atoms with Gasteiger partial charge in [-0.15, -0.1) is 6.58 Å². The van der Waals surface area contributed by atoms with Crippen molar-refractivity contribution >= 4 is 0 Å². The van der Waals surface area contributed by atoms with E-state index in [4.69, 9.17) is 0 Å². The summed E-state index contributed by atoms with van der Waals surface area (Å²) < 4.78 is 0. The molecule has 0 radical (unpaired) electrons. The number of nitrogens with one attached hydrogen (secondary N) is 1. The van der Waals surface area contributed by atoms with E-state index in [1.807, 2.05) is 6.08 Å². The molecule has 0 spiro atoms. The summed E-state index contributed by atoms with van der Waals surface area (Å²) in [6.07, 6.45) is 15.9. The van der Waals surface area contributed by atoms with Crippen molar-refractivity contribution in [3.63, 3.8) is 0 Å². The van der Waals surface area contributed by atoms with Gasteiger partial charge in [0.15, 0.2) is 0 Å². The Hall–Kier alpha value is -1.44. The fraction of sp³-hybridized carbons (Fsp3) is 0.619. The summed E-state index contributed by atoms with van der Waals surface area (Å²) in [6, 6.07) is 0.372. The van der Waals surface area contributed by atoms with Gasteiger partial charge in [-0.2, -0.15) is 0 Å². The van der Waals surface area contributed by atoms with Crippen molar-refractivity contribution in [1.82, 2.24) is 10.2 Å². The average molecular weight is 317 g/mol. The first-order valence-electron chi connectivity index (χ1n) is 9.27. The smallest absolute Gasteiger partial charge is 0.0461 e. The van der Waals surface area contributed by atoms with Crippen LogP contribution in [0.1, 0.15) is 59.3 Å². The lowest BCUT2D eigenvalue weighted by Gasteiger charge is -2.27. The Bertz CT molecular complexity index is 418. The van der Waals surface area contributed by atoms with Crippen LogP contribution >= 0.6 is 0 Å². The van der Waals surface area contributed by atoms with Crippen LogP contribution in [-0.4, -0.2) is 24.0 Å². The maximum absolute atomic E-state index is 4.12. The van der Waals surface area contributed by atoms with Crippen LogP contribution in [0, 0.1) is 5.92 Å². The van der Waals surface area contributed by atoms with Gasteiger partial charge in [0.25, 0.3) is 0 Å². The SMILES string of the molecule is C=CC(N/C(=C/CC)CCCCCN1CCC=CC1=C)C(C)C. The van der Waals surface area contributed by atoms with E-state index in [2.05, 4.69) is 62.4 Å². The Labute approximate surface area is 144 Å². The second-order valence-corrected chi connectivity index (χ2v) is 6.77. The normalized spacial score (nSPS) is 16.8. The van der Waals surface area contributed by atoms with Crippen LogP contribution in [0.2, 0.25) is 0 Å². The molecule has 0 aliphatic carbocycles. The first kappa shape index (κ1) is 19.6. The fourth-order valence-electron chi connectivity index (χ4n) is 2.94. The molecule has 0 bridgehead atoms. The quantitative estimate of drug-likeness (QED) is 0.404. The third-order valence-corrected chi connectivity index (χ3v) is 4.43. The third kappa shape index (κ3) is 7.58. The van der Waals surface area contributed by atoms with Gasteiger partial charge >= 0.3 is 0 Å². The second-order valence-electron chi connectivity index (χ2n) is 6.77. The van der Waals surface area contributed by atoms with Gasteiger partial charge in [-0.25, -0.2) is 0 Å². The van der Waals surface area contributed by atoms with E-state index in [1.54, 1.807) is 0 Å². The van der Waals surface area contributed by atoms with Crippen LogP contribution in [0.4, 0.5) is 0 Å². The van der Waals surface area contributed by atoms with E-state index in [0.29, 0.717) is 12.0 Å². The van der Waals surface area contributed by atoms with Gasteiger partial charge in [-0.05, 0) is 44.1 Å². The summed E-state index contributed by atoms with van der Waals surface area (Å²) in [4.78, 5) is 2.41. The minimum absolute atomic E-state index is 0.372. The Kier molecular flexibility index (Phi) is 9.51. The minimum atomic E-state index is 0.372. The topological polar surface area (TPSA) is 15.3 Å². The molecule has 1 rings (SSSR count). The second kappa shape index (κ2) is 11.2. The Morgan fingerprint density at radius 2 is 2.13 bits per heavy atom. The lowest BCUT2D eigenvalue weighted by Crippen LogP contribution is -2.31. The van der Waals surface area contributed by atoms with E-state index in [1.165, 1.54) is 30.7 Å². The standard InChI is InChI=1S/C21H36N2/c1-6-13-20(22-21(7-2)18(3)4)15-9-8-11-16-23-17-12-10-14-19(23)5/h7,10,13-14,18,21-22H,2,5-6,8-9,11-12,15-17H2,1,3-4H3/b20-13+. The first-order valence-corrected chi connectivity index (χ1v) is 9.27. The molecule has 1 N–H and O–H groups in total. The molecule has 1 heterocycles. The van der Waals surface area contributed by atoms with Gasteiger partial charge in [0.1, 0.15) is 0 Å². The largest absolute Gasteiger partial charge is 0.382 e. The Morgan fingerprint density at radius 3 is 2.74 bits per heavy atom. The third-order valence-electron chi connectivity index (χ3n) is 4.43. The molecule has 1 aliphatic heterocycles. The molecule has 23 heavy (non-hydrogen) atoms. The van der Waals surface area contributed by atoms with E-state index in [0.717, 1.165) is 32.4 Å². The molecule has 1 unspecified atom stereocenters. The van der Waals surface area contributed by atoms with Crippen molar-refractivity contribution in [2.75, 3.05) is 13.1 Å². The highest BCUT2D eigenvalue weighted by molar-refractivity contribution is 5.16. The number of hydrogen-bond donors (Lipinski definition) is 1. The predicted molar refractivity (Wildman–Crippen MR) is 103 cm³/mol. The Balaban J connectivity index is 2.28. The number of allylic oxidation sites excluding steroid dienone is 3. The molecule has 0 amide bonds. The van der Waals surface area contributed by atoms with Crippen molar-refractivity contribution in [2.45, 2.75) is 65.3 Å². The molecule has 1 atom stereocenters. The lowest BCUT2D eigenvalue weighted by molar-refractivity contribution is 0.342. The summed E-state index contributed by atoms with van der Waals surface area (Å²) in [5.41, 5.74) is 2.56. The van der Waals surface area contributed by atoms with Crippen LogP contribution in [-0.2, 0) is 0 Å². The minimum Gasteiger partial charge on any atom is -0.382 e. The molecule has 1 aliphatic rings. The first-order chi connectivity index (χ1) is 11.1. The zero-order chi connectivity index (χ0) is 17.1. The highest BCUT2D eigenvalue weighted by Gasteiger charge is 2.10. The summed E-state index contributed by atoms with van der Waals surface area (Å²) in [7, 11) is 0. The molecule has 0 saturated carbocycles. The van der Waals surface area contributed by atoms with Gasteiger partial charge in [0.2, 0.25) is 0 Å². The molecule has 2 heteroatoms. The van der Waals surface area contributed by atoms with Crippen molar-refractivity contribution in [2.24, 2.45) is 5.92 Å².